The normalized spacial score (nSPS) is 18.4. The number of rotatable bonds is 5. The third-order valence-electron chi connectivity index (χ3n) is 3.47. The van der Waals surface area contributed by atoms with Crippen molar-refractivity contribution in [2.45, 2.75) is 33.2 Å². The molecular formula is C19H24N2O. The third kappa shape index (κ3) is 4.99. The lowest BCUT2D eigenvalue weighted by atomic mass is 10.0. The predicted molar refractivity (Wildman–Crippen MR) is 93.2 cm³/mol. The smallest absolute Gasteiger partial charge is 0.235 e. The summed E-state index contributed by atoms with van der Waals surface area (Å²) >= 11 is 0. The van der Waals surface area contributed by atoms with Gasteiger partial charge in [0.25, 0.3) is 0 Å². The van der Waals surface area contributed by atoms with Gasteiger partial charge in [0.2, 0.25) is 5.91 Å². The topological polar surface area (TPSA) is 41.5 Å². The summed E-state index contributed by atoms with van der Waals surface area (Å²) in [5.41, 5.74) is 1.76. The fraction of sp³-hybridized carbons (Fsp3) is 0.368. The monoisotopic (exact) mass is 296 g/mol. The highest BCUT2D eigenvalue weighted by atomic mass is 16.1. The Hall–Kier alpha value is -2.16. The molecule has 1 aromatic carbocycles. The van der Waals surface area contributed by atoms with E-state index in [1.807, 2.05) is 54.6 Å². The number of carbonyl (C=O) groups excluding carboxylic acids is 1. The highest BCUT2D eigenvalue weighted by Gasteiger charge is 2.15. The molecule has 1 aromatic rings. The number of anilines is 1. The molecule has 0 spiro atoms. The van der Waals surface area contributed by atoms with Crippen LogP contribution in [0.3, 0.4) is 0 Å². The van der Waals surface area contributed by atoms with Crippen molar-refractivity contribution in [3.63, 3.8) is 0 Å². The number of nitrogens with one attached hydrogen (secondary N) is 1. The van der Waals surface area contributed by atoms with Crippen LogP contribution in [0.15, 0.2) is 59.6 Å². The van der Waals surface area contributed by atoms with Crippen molar-refractivity contribution in [1.82, 2.24) is 0 Å². The predicted octanol–water partition coefficient (Wildman–Crippen LogP) is 4.24. The van der Waals surface area contributed by atoms with Crippen LogP contribution in [0.25, 0.3) is 0 Å². The largest absolute Gasteiger partial charge is 0.325 e. The Morgan fingerprint density at radius 1 is 1.14 bits per heavy atom. The molecule has 2 rings (SSSR count). The maximum Gasteiger partial charge on any atom is 0.235 e. The number of allylic oxidation sites excluding steroid dienone is 2. The zero-order valence-electron chi connectivity index (χ0n) is 13.5. The lowest BCUT2D eigenvalue weighted by Crippen LogP contribution is -2.21. The molecule has 0 heterocycles. The summed E-state index contributed by atoms with van der Waals surface area (Å²) in [7, 11) is 0. The van der Waals surface area contributed by atoms with Crippen molar-refractivity contribution < 1.29 is 4.79 Å². The minimum atomic E-state index is -0.237. The molecule has 22 heavy (non-hydrogen) atoms. The lowest BCUT2D eigenvalue weighted by Gasteiger charge is -2.14. The second-order valence-corrected chi connectivity index (χ2v) is 6.13. The van der Waals surface area contributed by atoms with Gasteiger partial charge < -0.3 is 5.32 Å². The van der Waals surface area contributed by atoms with Gasteiger partial charge in [0, 0.05) is 11.7 Å². The molecule has 0 radical (unpaired) electrons. The maximum atomic E-state index is 12.2. The summed E-state index contributed by atoms with van der Waals surface area (Å²) in [4.78, 5) is 16.9. The molecule has 116 valence electrons. The first-order chi connectivity index (χ1) is 10.5. The Morgan fingerprint density at radius 3 is 2.36 bits per heavy atom. The average Bonchev–Trinajstić information content (AvgIpc) is 2.48. The molecule has 1 aliphatic carbocycles. The van der Waals surface area contributed by atoms with Gasteiger partial charge >= 0.3 is 0 Å². The van der Waals surface area contributed by atoms with Gasteiger partial charge in [-0.2, -0.15) is 0 Å². The van der Waals surface area contributed by atoms with Crippen molar-refractivity contribution >= 4 is 17.3 Å². The maximum absolute atomic E-state index is 12.2. The lowest BCUT2D eigenvalue weighted by molar-refractivity contribution is -0.117. The molecule has 1 N–H and O–H groups in total. The van der Waals surface area contributed by atoms with Gasteiger partial charge in [-0.3, -0.25) is 9.79 Å². The number of hydrogen-bond donors (Lipinski definition) is 1. The molecule has 0 saturated heterocycles. The number of amides is 1. The molecule has 1 unspecified atom stereocenters. The molecule has 0 fully saturated rings. The molecule has 3 heteroatoms. The summed E-state index contributed by atoms with van der Waals surface area (Å²) in [6.07, 6.45) is 8.75. The Balaban J connectivity index is 1.92. The van der Waals surface area contributed by atoms with E-state index in [0.29, 0.717) is 12.0 Å². The van der Waals surface area contributed by atoms with E-state index in [9.17, 15) is 4.79 Å². The molecule has 0 saturated carbocycles. The van der Waals surface area contributed by atoms with Crippen LogP contribution in [-0.4, -0.2) is 17.7 Å². The van der Waals surface area contributed by atoms with E-state index in [-0.39, 0.29) is 11.8 Å². The van der Waals surface area contributed by atoms with Gasteiger partial charge in [-0.1, -0.05) is 44.2 Å². The second kappa shape index (κ2) is 7.74. The van der Waals surface area contributed by atoms with Crippen LogP contribution >= 0.6 is 0 Å². The van der Waals surface area contributed by atoms with Crippen molar-refractivity contribution in [3.8, 4) is 0 Å². The number of aliphatic imine (C=N–C) groups is 1. The molecule has 1 amide bonds. The first-order valence-corrected chi connectivity index (χ1v) is 7.84. The second-order valence-electron chi connectivity index (χ2n) is 6.13. The van der Waals surface area contributed by atoms with E-state index in [1.165, 1.54) is 0 Å². The first-order valence-electron chi connectivity index (χ1n) is 7.84. The van der Waals surface area contributed by atoms with E-state index in [1.54, 1.807) is 0 Å². The number of hydrogen-bond acceptors (Lipinski definition) is 2. The number of para-hydroxylation sites is 1. The fourth-order valence-corrected chi connectivity index (χ4v) is 2.52. The van der Waals surface area contributed by atoms with Crippen LogP contribution in [0, 0.1) is 11.8 Å². The SMILES string of the molecule is CC(C)CC(C)N=C1C=CC(C(=O)Nc2ccccc2)C=C1. The number of benzene rings is 1. The molecule has 1 atom stereocenters. The Labute approximate surface area is 132 Å². The van der Waals surface area contributed by atoms with Crippen molar-refractivity contribution in [3.05, 3.63) is 54.6 Å². The Bertz CT molecular complexity index is 569. The van der Waals surface area contributed by atoms with Gasteiger partial charge in [-0.25, -0.2) is 0 Å². The standard InChI is InChI=1S/C19H24N2O/c1-14(2)13-15(3)20-18-11-9-16(10-12-18)19(22)21-17-7-5-4-6-8-17/h4-12,14-16H,13H2,1-3H3,(H,21,22). The zero-order chi connectivity index (χ0) is 15.9. The van der Waals surface area contributed by atoms with Crippen molar-refractivity contribution in [2.24, 2.45) is 16.8 Å². The van der Waals surface area contributed by atoms with Gasteiger partial charge in [0.05, 0.1) is 11.6 Å². The van der Waals surface area contributed by atoms with Crippen LogP contribution < -0.4 is 5.32 Å². The summed E-state index contributed by atoms with van der Waals surface area (Å²) in [5.74, 6) is 0.382. The molecular weight excluding hydrogens is 272 g/mol. The quantitative estimate of drug-likeness (QED) is 0.867. The van der Waals surface area contributed by atoms with Crippen LogP contribution in [0.1, 0.15) is 27.2 Å². The average molecular weight is 296 g/mol. The zero-order valence-corrected chi connectivity index (χ0v) is 13.5. The van der Waals surface area contributed by atoms with E-state index in [4.69, 9.17) is 0 Å². The molecule has 0 bridgehead atoms. The van der Waals surface area contributed by atoms with Crippen LogP contribution in [0.4, 0.5) is 5.69 Å². The van der Waals surface area contributed by atoms with E-state index < -0.39 is 0 Å². The first kappa shape index (κ1) is 16.2. The van der Waals surface area contributed by atoms with E-state index >= 15 is 0 Å². The number of nitrogens with zero attached hydrogens (tertiary/aromatic N) is 1. The minimum Gasteiger partial charge on any atom is -0.325 e. The third-order valence-corrected chi connectivity index (χ3v) is 3.47. The van der Waals surface area contributed by atoms with Gasteiger partial charge in [-0.15, -0.1) is 0 Å². The van der Waals surface area contributed by atoms with Crippen molar-refractivity contribution in [1.29, 1.82) is 0 Å². The fourth-order valence-electron chi connectivity index (χ4n) is 2.52. The van der Waals surface area contributed by atoms with Crippen LogP contribution in [0.5, 0.6) is 0 Å². The van der Waals surface area contributed by atoms with Gasteiger partial charge in [-0.05, 0) is 43.5 Å². The van der Waals surface area contributed by atoms with E-state index in [0.717, 1.165) is 17.8 Å². The molecule has 0 aromatic heterocycles. The van der Waals surface area contributed by atoms with Crippen molar-refractivity contribution in [2.75, 3.05) is 5.32 Å². The Morgan fingerprint density at radius 2 is 1.77 bits per heavy atom. The highest BCUT2D eigenvalue weighted by Crippen LogP contribution is 2.14. The molecule has 3 nitrogen and oxygen atoms in total. The summed E-state index contributed by atoms with van der Waals surface area (Å²) in [5, 5.41) is 2.91. The van der Waals surface area contributed by atoms with Gasteiger partial charge in [0.15, 0.2) is 0 Å². The van der Waals surface area contributed by atoms with Gasteiger partial charge in [0.1, 0.15) is 0 Å². The summed E-state index contributed by atoms with van der Waals surface area (Å²) < 4.78 is 0. The van der Waals surface area contributed by atoms with Crippen LogP contribution in [-0.2, 0) is 4.79 Å². The minimum absolute atomic E-state index is 0.0204. The van der Waals surface area contributed by atoms with Crippen LogP contribution in [0.2, 0.25) is 0 Å². The van der Waals surface area contributed by atoms with E-state index in [2.05, 4.69) is 31.1 Å². The molecule has 0 aliphatic heterocycles. The Kier molecular flexibility index (Phi) is 5.70. The molecule has 1 aliphatic rings. The number of carbonyl (C=O) groups is 1. The summed E-state index contributed by atoms with van der Waals surface area (Å²) in [6.45, 7) is 6.53. The highest BCUT2D eigenvalue weighted by molar-refractivity contribution is 6.07. The summed E-state index contributed by atoms with van der Waals surface area (Å²) in [6, 6.07) is 9.81.